The molecular formula is C21H20N4O2. The van der Waals surface area contributed by atoms with Crippen LogP contribution in [0.4, 0.5) is 0 Å². The van der Waals surface area contributed by atoms with Crippen LogP contribution < -0.4 is 11.2 Å². The lowest BCUT2D eigenvalue weighted by atomic mass is 10.0. The van der Waals surface area contributed by atoms with Gasteiger partial charge < -0.3 is 0 Å². The van der Waals surface area contributed by atoms with E-state index >= 15 is 0 Å². The summed E-state index contributed by atoms with van der Waals surface area (Å²) in [6.07, 6.45) is 1.72. The molecule has 0 aliphatic heterocycles. The maximum absolute atomic E-state index is 12.5. The van der Waals surface area contributed by atoms with Gasteiger partial charge in [0.1, 0.15) is 5.39 Å². The molecule has 0 unspecified atom stereocenters. The molecule has 2 aromatic carbocycles. The lowest BCUT2D eigenvalue weighted by Gasteiger charge is -2.08. The standard InChI is InChI=1S/C21H20N4O2/c1-14(2)11-25-19-18(20(26)23(3)21(25)27)13-24(22-19)12-16-9-6-8-15-7-4-5-10-17(15)16/h4-10,13H,1,11-12H2,2-3H3. The SMILES string of the molecule is C=C(C)Cn1c(=O)n(C)c(=O)c2cn(Cc3cccc4ccccc34)nc21. The van der Waals surface area contributed by atoms with Gasteiger partial charge in [0.2, 0.25) is 0 Å². The maximum atomic E-state index is 12.5. The predicted molar refractivity (Wildman–Crippen MR) is 107 cm³/mol. The van der Waals surface area contributed by atoms with Crippen molar-refractivity contribution in [3.63, 3.8) is 0 Å². The third-order valence-electron chi connectivity index (χ3n) is 4.69. The van der Waals surface area contributed by atoms with Crippen LogP contribution in [-0.4, -0.2) is 18.9 Å². The van der Waals surface area contributed by atoms with E-state index in [1.54, 1.807) is 10.9 Å². The average Bonchev–Trinajstić information content (AvgIpc) is 3.07. The Balaban J connectivity index is 1.89. The zero-order chi connectivity index (χ0) is 19.1. The zero-order valence-electron chi connectivity index (χ0n) is 15.3. The third-order valence-corrected chi connectivity index (χ3v) is 4.69. The molecule has 4 aromatic rings. The Labute approximate surface area is 155 Å². The molecule has 0 N–H and O–H groups in total. The number of benzene rings is 2. The van der Waals surface area contributed by atoms with Gasteiger partial charge in [-0.1, -0.05) is 54.6 Å². The Morgan fingerprint density at radius 1 is 1.07 bits per heavy atom. The highest BCUT2D eigenvalue weighted by atomic mass is 16.2. The van der Waals surface area contributed by atoms with E-state index in [9.17, 15) is 9.59 Å². The van der Waals surface area contributed by atoms with Crippen LogP contribution in [0.25, 0.3) is 21.8 Å². The third kappa shape index (κ3) is 2.89. The molecule has 4 rings (SSSR count). The Kier molecular flexibility index (Phi) is 4.03. The van der Waals surface area contributed by atoms with Gasteiger partial charge in [-0.15, -0.1) is 0 Å². The van der Waals surface area contributed by atoms with Crippen molar-refractivity contribution in [3.8, 4) is 0 Å². The first-order valence-corrected chi connectivity index (χ1v) is 8.73. The highest BCUT2D eigenvalue weighted by Crippen LogP contribution is 2.20. The van der Waals surface area contributed by atoms with Crippen molar-refractivity contribution in [1.82, 2.24) is 18.9 Å². The van der Waals surface area contributed by atoms with Gasteiger partial charge in [0.25, 0.3) is 5.56 Å². The van der Waals surface area contributed by atoms with E-state index in [-0.39, 0.29) is 11.2 Å². The van der Waals surface area contributed by atoms with Crippen LogP contribution >= 0.6 is 0 Å². The number of allylic oxidation sites excluding steroid dienone is 1. The Hall–Kier alpha value is -3.41. The molecule has 0 aliphatic carbocycles. The van der Waals surface area contributed by atoms with Crippen molar-refractivity contribution >= 4 is 21.8 Å². The summed E-state index contributed by atoms with van der Waals surface area (Å²) in [5, 5.41) is 7.28. The summed E-state index contributed by atoms with van der Waals surface area (Å²) >= 11 is 0. The minimum absolute atomic E-state index is 0.328. The van der Waals surface area contributed by atoms with E-state index in [0.717, 1.165) is 26.5 Å². The topological polar surface area (TPSA) is 61.8 Å². The van der Waals surface area contributed by atoms with Crippen molar-refractivity contribution in [2.45, 2.75) is 20.0 Å². The summed E-state index contributed by atoms with van der Waals surface area (Å²) in [6.45, 7) is 6.56. The first kappa shape index (κ1) is 17.0. The number of hydrogen-bond donors (Lipinski definition) is 0. The molecule has 0 amide bonds. The molecule has 6 nitrogen and oxygen atoms in total. The Morgan fingerprint density at radius 3 is 2.59 bits per heavy atom. The zero-order valence-corrected chi connectivity index (χ0v) is 15.3. The van der Waals surface area contributed by atoms with E-state index < -0.39 is 0 Å². The molecule has 0 saturated carbocycles. The highest BCUT2D eigenvalue weighted by Gasteiger charge is 2.15. The maximum Gasteiger partial charge on any atom is 0.332 e. The molecule has 27 heavy (non-hydrogen) atoms. The van der Waals surface area contributed by atoms with Gasteiger partial charge in [0, 0.05) is 19.8 Å². The van der Waals surface area contributed by atoms with E-state index in [4.69, 9.17) is 0 Å². The molecule has 0 saturated heterocycles. The lowest BCUT2D eigenvalue weighted by Crippen LogP contribution is -2.38. The first-order chi connectivity index (χ1) is 13.0. The molecule has 0 radical (unpaired) electrons. The number of rotatable bonds is 4. The quantitative estimate of drug-likeness (QED) is 0.526. The van der Waals surface area contributed by atoms with Gasteiger partial charge >= 0.3 is 5.69 Å². The molecule has 2 aromatic heterocycles. The molecular weight excluding hydrogens is 340 g/mol. The highest BCUT2D eigenvalue weighted by molar-refractivity contribution is 5.85. The fourth-order valence-corrected chi connectivity index (χ4v) is 3.40. The minimum Gasteiger partial charge on any atom is -0.272 e. The summed E-state index contributed by atoms with van der Waals surface area (Å²) in [5.74, 6) is 0. The van der Waals surface area contributed by atoms with Crippen LogP contribution in [0.15, 0.2) is 70.4 Å². The van der Waals surface area contributed by atoms with Crippen molar-refractivity contribution in [3.05, 3.63) is 87.2 Å². The van der Waals surface area contributed by atoms with Gasteiger partial charge in [0.15, 0.2) is 5.65 Å². The summed E-state index contributed by atoms with van der Waals surface area (Å²) < 4.78 is 4.34. The monoisotopic (exact) mass is 360 g/mol. The Bertz CT molecular complexity index is 1300. The van der Waals surface area contributed by atoms with Crippen LogP contribution in [-0.2, 0) is 20.1 Å². The van der Waals surface area contributed by atoms with E-state index in [0.29, 0.717) is 24.1 Å². The number of fused-ring (bicyclic) bond motifs is 2. The van der Waals surface area contributed by atoms with Crippen molar-refractivity contribution in [2.24, 2.45) is 7.05 Å². The van der Waals surface area contributed by atoms with Crippen LogP contribution in [0, 0.1) is 0 Å². The Morgan fingerprint density at radius 2 is 1.81 bits per heavy atom. The molecule has 0 spiro atoms. The second kappa shape index (κ2) is 6.39. The van der Waals surface area contributed by atoms with Crippen LogP contribution in [0.2, 0.25) is 0 Å². The minimum atomic E-state index is -0.383. The van der Waals surface area contributed by atoms with Crippen LogP contribution in [0.5, 0.6) is 0 Å². The largest absolute Gasteiger partial charge is 0.332 e. The molecule has 0 aliphatic rings. The fourth-order valence-electron chi connectivity index (χ4n) is 3.40. The van der Waals surface area contributed by atoms with Crippen molar-refractivity contribution < 1.29 is 0 Å². The second-order valence-corrected chi connectivity index (χ2v) is 6.89. The summed E-state index contributed by atoms with van der Waals surface area (Å²) in [4.78, 5) is 25.1. The van der Waals surface area contributed by atoms with Crippen molar-refractivity contribution in [1.29, 1.82) is 0 Å². The first-order valence-electron chi connectivity index (χ1n) is 8.73. The number of aromatic nitrogens is 4. The molecule has 0 bridgehead atoms. The molecule has 0 fully saturated rings. The van der Waals surface area contributed by atoms with E-state index in [2.05, 4.69) is 29.9 Å². The van der Waals surface area contributed by atoms with E-state index in [1.165, 1.54) is 11.6 Å². The molecule has 0 atom stereocenters. The van der Waals surface area contributed by atoms with Crippen LogP contribution in [0.1, 0.15) is 12.5 Å². The smallest absolute Gasteiger partial charge is 0.272 e. The predicted octanol–water partition coefficient (Wildman–Crippen LogP) is 2.67. The normalized spacial score (nSPS) is 11.3. The summed E-state index contributed by atoms with van der Waals surface area (Å²) in [7, 11) is 1.49. The van der Waals surface area contributed by atoms with Crippen molar-refractivity contribution in [2.75, 3.05) is 0 Å². The van der Waals surface area contributed by atoms with Gasteiger partial charge in [0.05, 0.1) is 6.54 Å². The molecule has 2 heterocycles. The number of nitrogens with zero attached hydrogens (tertiary/aromatic N) is 4. The average molecular weight is 360 g/mol. The summed E-state index contributed by atoms with van der Waals surface area (Å²) in [5.41, 5.74) is 1.60. The van der Waals surface area contributed by atoms with Gasteiger partial charge in [-0.3, -0.25) is 18.6 Å². The van der Waals surface area contributed by atoms with Crippen LogP contribution in [0.3, 0.4) is 0 Å². The summed E-state index contributed by atoms with van der Waals surface area (Å²) in [6, 6.07) is 14.3. The molecule has 6 heteroatoms. The lowest BCUT2D eigenvalue weighted by molar-refractivity contribution is 0.647. The fraction of sp³-hybridized carbons (Fsp3) is 0.190. The van der Waals surface area contributed by atoms with E-state index in [1.807, 2.05) is 31.2 Å². The van der Waals surface area contributed by atoms with Gasteiger partial charge in [-0.25, -0.2) is 4.79 Å². The number of hydrogen-bond acceptors (Lipinski definition) is 3. The second-order valence-electron chi connectivity index (χ2n) is 6.89. The van der Waals surface area contributed by atoms with Gasteiger partial charge in [-0.05, 0) is 23.3 Å². The van der Waals surface area contributed by atoms with Gasteiger partial charge in [-0.2, -0.15) is 5.10 Å². The molecule has 136 valence electrons.